The summed E-state index contributed by atoms with van der Waals surface area (Å²) < 4.78 is 31.4. The molecule has 0 aliphatic carbocycles. The summed E-state index contributed by atoms with van der Waals surface area (Å²) in [7, 11) is -3.97. The van der Waals surface area contributed by atoms with Gasteiger partial charge in [0.2, 0.25) is 10.0 Å². The van der Waals surface area contributed by atoms with Crippen LogP contribution in [0.2, 0.25) is 0 Å². The molecule has 8 nitrogen and oxygen atoms in total. The molecule has 1 amide bonds. The van der Waals surface area contributed by atoms with E-state index in [9.17, 15) is 22.8 Å². The zero-order valence-corrected chi connectivity index (χ0v) is 16.2. The van der Waals surface area contributed by atoms with Crippen LogP contribution in [0.4, 0.5) is 5.69 Å². The molecule has 0 bridgehead atoms. The maximum atomic E-state index is 12.2. The molecule has 0 heterocycles. The Kier molecular flexibility index (Phi) is 7.02. The van der Waals surface area contributed by atoms with Crippen LogP contribution in [0, 0.1) is 0 Å². The molecule has 0 radical (unpaired) electrons. The second-order valence-corrected chi connectivity index (χ2v) is 7.66. The number of ketones is 1. The Hall–Kier alpha value is -3.04. The summed E-state index contributed by atoms with van der Waals surface area (Å²) >= 11 is 0. The molecule has 0 saturated carbocycles. The van der Waals surface area contributed by atoms with Crippen LogP contribution < -0.4 is 10.0 Å². The van der Waals surface area contributed by atoms with E-state index in [1.165, 1.54) is 38.1 Å². The average Bonchev–Trinajstić information content (AvgIpc) is 2.67. The van der Waals surface area contributed by atoms with Crippen LogP contribution in [0.15, 0.2) is 59.5 Å². The Labute approximate surface area is 163 Å². The minimum atomic E-state index is -3.97. The zero-order chi connectivity index (χ0) is 20.7. The van der Waals surface area contributed by atoms with E-state index in [0.29, 0.717) is 11.3 Å². The van der Waals surface area contributed by atoms with Crippen molar-refractivity contribution in [1.82, 2.24) is 4.72 Å². The molecule has 0 saturated heterocycles. The van der Waals surface area contributed by atoms with Crippen molar-refractivity contribution >= 4 is 33.4 Å². The predicted octanol–water partition coefficient (Wildman–Crippen LogP) is 1.74. The lowest BCUT2D eigenvalue weighted by Crippen LogP contribution is -2.35. The fourth-order valence-electron chi connectivity index (χ4n) is 2.16. The Balaban J connectivity index is 1.88. The second kappa shape index (κ2) is 9.25. The number of amides is 1. The highest BCUT2D eigenvalue weighted by Crippen LogP contribution is 2.11. The van der Waals surface area contributed by atoms with Gasteiger partial charge < -0.3 is 10.1 Å². The molecular formula is C19H20N2O6S. The molecule has 2 N–H and O–H groups in total. The van der Waals surface area contributed by atoms with Crippen LogP contribution in [-0.2, 0) is 24.3 Å². The first-order chi connectivity index (χ1) is 13.2. The van der Waals surface area contributed by atoms with Gasteiger partial charge in [0.25, 0.3) is 5.91 Å². The number of anilines is 1. The van der Waals surface area contributed by atoms with E-state index < -0.39 is 34.5 Å². The van der Waals surface area contributed by atoms with E-state index in [2.05, 4.69) is 10.0 Å². The largest absolute Gasteiger partial charge is 0.452 e. The molecule has 2 aromatic carbocycles. The van der Waals surface area contributed by atoms with E-state index in [-0.39, 0.29) is 10.7 Å². The Morgan fingerprint density at radius 2 is 1.61 bits per heavy atom. The number of carbonyl (C=O) groups is 3. The van der Waals surface area contributed by atoms with Gasteiger partial charge in [-0.25, -0.2) is 8.42 Å². The fraction of sp³-hybridized carbons (Fsp3) is 0.211. The minimum absolute atomic E-state index is 0.0971. The molecule has 9 heteroatoms. The normalized spacial score (nSPS) is 12.1. The second-order valence-electron chi connectivity index (χ2n) is 5.89. The van der Waals surface area contributed by atoms with Gasteiger partial charge in [0.05, 0.1) is 4.90 Å². The van der Waals surface area contributed by atoms with Crippen molar-refractivity contribution in [3.05, 3.63) is 60.2 Å². The lowest BCUT2D eigenvalue weighted by atomic mass is 10.2. The van der Waals surface area contributed by atoms with Gasteiger partial charge in [-0.2, -0.15) is 4.72 Å². The van der Waals surface area contributed by atoms with Crippen LogP contribution in [0.5, 0.6) is 0 Å². The first-order valence-electron chi connectivity index (χ1n) is 8.35. The lowest BCUT2D eigenvalue weighted by molar-refractivity contribution is -0.151. The van der Waals surface area contributed by atoms with Gasteiger partial charge >= 0.3 is 5.97 Å². The van der Waals surface area contributed by atoms with Crippen LogP contribution in [-0.4, -0.2) is 38.7 Å². The van der Waals surface area contributed by atoms with E-state index in [1.807, 2.05) is 0 Å². The number of rotatable bonds is 8. The van der Waals surface area contributed by atoms with Gasteiger partial charge in [-0.05, 0) is 38.1 Å². The Morgan fingerprint density at radius 1 is 1.00 bits per heavy atom. The highest BCUT2D eigenvalue weighted by molar-refractivity contribution is 7.89. The highest BCUT2D eigenvalue weighted by Gasteiger charge is 2.20. The van der Waals surface area contributed by atoms with Gasteiger partial charge in [0, 0.05) is 11.3 Å². The van der Waals surface area contributed by atoms with Crippen molar-refractivity contribution < 1.29 is 27.5 Å². The van der Waals surface area contributed by atoms with Crippen LogP contribution in [0.25, 0.3) is 0 Å². The van der Waals surface area contributed by atoms with Gasteiger partial charge in [-0.3, -0.25) is 14.4 Å². The standard InChI is InChI=1S/C19H20N2O6S/c1-13(22)15-8-10-17(11-9-15)28(25,26)20-12-18(23)27-14(2)19(24)21-16-6-4-3-5-7-16/h3-11,14,20H,12H2,1-2H3,(H,21,24)/t14-/m0/s1. The molecule has 0 aliphatic heterocycles. The van der Waals surface area contributed by atoms with Gasteiger partial charge in [-0.1, -0.05) is 30.3 Å². The SMILES string of the molecule is CC(=O)c1ccc(S(=O)(=O)NCC(=O)O[C@@H](C)C(=O)Nc2ccccc2)cc1. The number of para-hydroxylation sites is 1. The van der Waals surface area contributed by atoms with Crippen LogP contribution >= 0.6 is 0 Å². The quantitative estimate of drug-likeness (QED) is 0.511. The maximum absolute atomic E-state index is 12.2. The number of carbonyl (C=O) groups excluding carboxylic acids is 3. The number of sulfonamides is 1. The molecule has 0 unspecified atom stereocenters. The van der Waals surface area contributed by atoms with Crippen LogP contribution in [0.3, 0.4) is 0 Å². The van der Waals surface area contributed by atoms with Crippen molar-refractivity contribution in [2.75, 3.05) is 11.9 Å². The third-order valence-corrected chi connectivity index (χ3v) is 5.11. The van der Waals surface area contributed by atoms with Crippen molar-refractivity contribution in [3.8, 4) is 0 Å². The fourth-order valence-corrected chi connectivity index (χ4v) is 3.13. The van der Waals surface area contributed by atoms with Crippen molar-refractivity contribution in [3.63, 3.8) is 0 Å². The molecule has 1 atom stereocenters. The molecule has 0 aromatic heterocycles. The smallest absolute Gasteiger partial charge is 0.321 e. The number of ether oxygens (including phenoxy) is 1. The summed E-state index contributed by atoms with van der Waals surface area (Å²) in [5, 5.41) is 2.58. The first-order valence-corrected chi connectivity index (χ1v) is 9.83. The van der Waals surface area contributed by atoms with Crippen LogP contribution in [0.1, 0.15) is 24.2 Å². The van der Waals surface area contributed by atoms with Crippen molar-refractivity contribution in [2.24, 2.45) is 0 Å². The molecule has 148 valence electrons. The summed E-state index contributed by atoms with van der Waals surface area (Å²) in [6.07, 6.45) is -1.10. The number of Topliss-reactive ketones (excluding diaryl/α,β-unsaturated/α-hetero) is 1. The summed E-state index contributed by atoms with van der Waals surface area (Å²) in [5.41, 5.74) is 0.918. The molecule has 0 fully saturated rings. The summed E-state index contributed by atoms with van der Waals surface area (Å²) in [4.78, 5) is 35.0. The number of hydrogen-bond donors (Lipinski definition) is 2. The third-order valence-electron chi connectivity index (χ3n) is 3.70. The molecule has 2 aromatic rings. The van der Waals surface area contributed by atoms with Crippen molar-refractivity contribution in [2.45, 2.75) is 24.8 Å². The summed E-state index contributed by atoms with van der Waals surface area (Å²) in [6, 6.07) is 13.9. The van der Waals surface area contributed by atoms with E-state index in [4.69, 9.17) is 4.74 Å². The monoisotopic (exact) mass is 404 g/mol. The van der Waals surface area contributed by atoms with Crippen molar-refractivity contribution in [1.29, 1.82) is 0 Å². The molecule has 28 heavy (non-hydrogen) atoms. The van der Waals surface area contributed by atoms with Gasteiger partial charge in [-0.15, -0.1) is 0 Å². The topological polar surface area (TPSA) is 119 Å². The van der Waals surface area contributed by atoms with E-state index in [1.54, 1.807) is 30.3 Å². The molecule has 0 spiro atoms. The number of benzene rings is 2. The minimum Gasteiger partial charge on any atom is -0.452 e. The number of esters is 1. The highest BCUT2D eigenvalue weighted by atomic mass is 32.2. The predicted molar refractivity (Wildman–Crippen MR) is 102 cm³/mol. The van der Waals surface area contributed by atoms with E-state index >= 15 is 0 Å². The Bertz CT molecular complexity index is 956. The maximum Gasteiger partial charge on any atom is 0.321 e. The Morgan fingerprint density at radius 3 is 2.18 bits per heavy atom. The lowest BCUT2D eigenvalue weighted by Gasteiger charge is -2.14. The summed E-state index contributed by atoms with van der Waals surface area (Å²) in [5.74, 6) is -1.63. The molecule has 2 rings (SSSR count). The molecule has 0 aliphatic rings. The number of hydrogen-bond acceptors (Lipinski definition) is 6. The number of nitrogens with one attached hydrogen (secondary N) is 2. The van der Waals surface area contributed by atoms with Gasteiger partial charge in [0.15, 0.2) is 11.9 Å². The van der Waals surface area contributed by atoms with Gasteiger partial charge in [0.1, 0.15) is 6.54 Å². The first kappa shape index (κ1) is 21.3. The third kappa shape index (κ3) is 6.00. The summed E-state index contributed by atoms with van der Waals surface area (Å²) in [6.45, 7) is 2.11. The molecular weight excluding hydrogens is 384 g/mol. The van der Waals surface area contributed by atoms with E-state index in [0.717, 1.165) is 0 Å². The zero-order valence-electron chi connectivity index (χ0n) is 15.3. The average molecular weight is 404 g/mol.